The molecule has 1 aliphatic heterocycles. The van der Waals surface area contributed by atoms with Crippen LogP contribution in [0.15, 0.2) is 30.7 Å². The third-order valence-corrected chi connectivity index (χ3v) is 5.44. The highest BCUT2D eigenvalue weighted by Crippen LogP contribution is 2.27. The number of carbonyl (C=O) groups excluding carboxylic acids is 1. The molecule has 1 aliphatic carbocycles. The number of benzene rings is 1. The second-order valence-electron chi connectivity index (χ2n) is 7.86. The molecule has 3 aromatic rings. The Morgan fingerprint density at radius 2 is 2.07 bits per heavy atom. The first-order chi connectivity index (χ1) is 14.6. The van der Waals surface area contributed by atoms with Crippen molar-refractivity contribution in [2.45, 2.75) is 38.4 Å². The van der Waals surface area contributed by atoms with Gasteiger partial charge in [-0.05, 0) is 43.9 Å². The third kappa shape index (κ3) is 3.74. The number of hydrogen-bond donors (Lipinski definition) is 2. The van der Waals surface area contributed by atoms with Gasteiger partial charge in [-0.1, -0.05) is 6.07 Å². The number of nitrogens with zero attached hydrogens (tertiary/aromatic N) is 5. The second kappa shape index (κ2) is 7.47. The molecule has 154 valence electrons. The smallest absolute Gasteiger partial charge is 0.251 e. The monoisotopic (exact) mass is 407 g/mol. The van der Waals surface area contributed by atoms with Crippen LogP contribution in [0.25, 0.3) is 11.0 Å². The highest BCUT2D eigenvalue weighted by Gasteiger charge is 2.25. The normalized spacial score (nSPS) is 18.6. The number of alkyl halides is 1. The maximum absolute atomic E-state index is 13.6. The zero-order valence-corrected chi connectivity index (χ0v) is 16.6. The lowest BCUT2D eigenvalue weighted by Crippen LogP contribution is -2.25. The van der Waals surface area contributed by atoms with Crippen LogP contribution in [0.2, 0.25) is 0 Å². The molecule has 1 amide bonds. The van der Waals surface area contributed by atoms with E-state index in [-0.39, 0.29) is 5.91 Å². The lowest BCUT2D eigenvalue weighted by Gasteiger charge is -2.16. The van der Waals surface area contributed by atoms with E-state index in [1.54, 1.807) is 6.20 Å². The van der Waals surface area contributed by atoms with Crippen molar-refractivity contribution in [1.82, 2.24) is 25.3 Å². The summed E-state index contributed by atoms with van der Waals surface area (Å²) in [5, 5.41) is 6.30. The third-order valence-electron chi connectivity index (χ3n) is 5.44. The molecule has 0 spiro atoms. The molecule has 2 N–H and O–H groups in total. The van der Waals surface area contributed by atoms with Crippen LogP contribution in [0.3, 0.4) is 0 Å². The molecule has 1 saturated carbocycles. The second-order valence-corrected chi connectivity index (χ2v) is 7.86. The Morgan fingerprint density at radius 3 is 2.83 bits per heavy atom. The van der Waals surface area contributed by atoms with E-state index in [1.165, 1.54) is 6.33 Å². The minimum absolute atomic E-state index is 0.0764. The first-order valence-corrected chi connectivity index (χ1v) is 10.1. The fourth-order valence-electron chi connectivity index (χ4n) is 3.51. The summed E-state index contributed by atoms with van der Waals surface area (Å²) in [6.07, 6.45) is 4.77. The number of fused-ring (bicyclic) bond motifs is 1. The fraction of sp³-hybridized carbons (Fsp3) is 0.381. The van der Waals surface area contributed by atoms with Crippen molar-refractivity contribution >= 4 is 34.4 Å². The average molecular weight is 407 g/mol. The Balaban J connectivity index is 1.46. The molecule has 5 rings (SSSR count). The molecule has 2 aliphatic rings. The summed E-state index contributed by atoms with van der Waals surface area (Å²) in [5.74, 6) is 0.907. The van der Waals surface area contributed by atoms with Crippen LogP contribution in [-0.2, 0) is 0 Å². The van der Waals surface area contributed by atoms with Gasteiger partial charge in [0.15, 0.2) is 5.82 Å². The van der Waals surface area contributed by atoms with Crippen molar-refractivity contribution in [1.29, 1.82) is 0 Å². The molecule has 30 heavy (non-hydrogen) atoms. The number of aryl methyl sites for hydroxylation is 1. The van der Waals surface area contributed by atoms with Crippen LogP contribution in [-0.4, -0.2) is 51.1 Å². The van der Waals surface area contributed by atoms with Crippen LogP contribution in [0.5, 0.6) is 0 Å². The SMILES string of the molecule is Cc1ccc(C(=O)NC2CC2)cc1Nc1ncnc2cnc(N3CCC(F)C3)nc12. The van der Waals surface area contributed by atoms with E-state index < -0.39 is 6.17 Å². The van der Waals surface area contributed by atoms with E-state index in [9.17, 15) is 9.18 Å². The maximum Gasteiger partial charge on any atom is 0.251 e. The van der Waals surface area contributed by atoms with Gasteiger partial charge >= 0.3 is 0 Å². The lowest BCUT2D eigenvalue weighted by molar-refractivity contribution is 0.0951. The van der Waals surface area contributed by atoms with Gasteiger partial charge in [0, 0.05) is 23.8 Å². The predicted molar refractivity (Wildman–Crippen MR) is 112 cm³/mol. The van der Waals surface area contributed by atoms with Gasteiger partial charge < -0.3 is 15.5 Å². The van der Waals surface area contributed by atoms with Crippen LogP contribution in [0.1, 0.15) is 35.2 Å². The summed E-state index contributed by atoms with van der Waals surface area (Å²) in [5.41, 5.74) is 3.47. The van der Waals surface area contributed by atoms with E-state index in [4.69, 9.17) is 0 Å². The standard InChI is InChI=1S/C21H22FN7O/c1-12-2-3-13(20(30)26-15-4-5-15)8-16(12)27-19-18-17(24-11-25-19)9-23-21(28-18)29-7-6-14(22)10-29/h2-3,8-9,11,14-15H,4-7,10H2,1H3,(H,26,30)(H,24,25,27). The van der Waals surface area contributed by atoms with E-state index in [1.807, 2.05) is 30.0 Å². The molecule has 3 heterocycles. The van der Waals surface area contributed by atoms with Crippen LogP contribution < -0.4 is 15.5 Å². The summed E-state index contributed by atoms with van der Waals surface area (Å²) in [6, 6.07) is 5.83. The van der Waals surface area contributed by atoms with Gasteiger partial charge in [0.1, 0.15) is 23.5 Å². The Morgan fingerprint density at radius 1 is 1.20 bits per heavy atom. The highest BCUT2D eigenvalue weighted by atomic mass is 19.1. The highest BCUT2D eigenvalue weighted by molar-refractivity contribution is 5.96. The number of anilines is 3. The summed E-state index contributed by atoms with van der Waals surface area (Å²) in [7, 11) is 0. The van der Waals surface area contributed by atoms with Crippen LogP contribution in [0, 0.1) is 6.92 Å². The fourth-order valence-corrected chi connectivity index (χ4v) is 3.51. The molecule has 1 atom stereocenters. The molecule has 2 aromatic heterocycles. The van der Waals surface area contributed by atoms with Crippen molar-refractivity contribution in [2.24, 2.45) is 0 Å². The van der Waals surface area contributed by atoms with E-state index in [2.05, 4.69) is 30.6 Å². The molecule has 0 radical (unpaired) electrons. The zero-order valence-electron chi connectivity index (χ0n) is 16.6. The van der Waals surface area contributed by atoms with Gasteiger partial charge in [0.2, 0.25) is 5.95 Å². The van der Waals surface area contributed by atoms with Gasteiger partial charge in [-0.3, -0.25) is 4.79 Å². The van der Waals surface area contributed by atoms with Crippen LogP contribution >= 0.6 is 0 Å². The minimum Gasteiger partial charge on any atom is -0.349 e. The first kappa shape index (κ1) is 18.7. The zero-order chi connectivity index (χ0) is 20.7. The number of amides is 1. The molecule has 9 heteroatoms. The van der Waals surface area contributed by atoms with Crippen molar-refractivity contribution in [3.05, 3.63) is 41.9 Å². The maximum atomic E-state index is 13.6. The Hall–Kier alpha value is -3.36. The summed E-state index contributed by atoms with van der Waals surface area (Å²) < 4.78 is 13.6. The van der Waals surface area contributed by atoms with E-state index in [0.29, 0.717) is 53.9 Å². The van der Waals surface area contributed by atoms with Crippen LogP contribution in [0.4, 0.5) is 21.8 Å². The summed E-state index contributed by atoms with van der Waals surface area (Å²) in [6.45, 7) is 2.83. The lowest BCUT2D eigenvalue weighted by atomic mass is 10.1. The topological polar surface area (TPSA) is 95.9 Å². The number of hydrogen-bond acceptors (Lipinski definition) is 7. The molecule has 0 bridgehead atoms. The largest absolute Gasteiger partial charge is 0.349 e. The van der Waals surface area contributed by atoms with Gasteiger partial charge in [-0.2, -0.15) is 0 Å². The number of nitrogens with one attached hydrogen (secondary N) is 2. The number of carbonyl (C=O) groups is 1. The quantitative estimate of drug-likeness (QED) is 0.671. The van der Waals surface area contributed by atoms with Crippen molar-refractivity contribution in [3.8, 4) is 0 Å². The van der Waals surface area contributed by atoms with Gasteiger partial charge in [0.05, 0.1) is 12.7 Å². The number of aromatic nitrogens is 4. The summed E-state index contributed by atoms with van der Waals surface area (Å²) in [4.78, 5) is 31.8. The Bertz CT molecular complexity index is 1120. The average Bonchev–Trinajstić information content (AvgIpc) is 3.46. The molecular weight excluding hydrogens is 385 g/mol. The van der Waals surface area contributed by atoms with Gasteiger partial charge in [-0.15, -0.1) is 0 Å². The van der Waals surface area contributed by atoms with E-state index in [0.717, 1.165) is 24.1 Å². The number of rotatable bonds is 5. The molecule has 1 saturated heterocycles. The molecule has 8 nitrogen and oxygen atoms in total. The first-order valence-electron chi connectivity index (χ1n) is 10.1. The van der Waals surface area contributed by atoms with E-state index >= 15 is 0 Å². The molecule has 1 unspecified atom stereocenters. The molecule has 2 fully saturated rings. The van der Waals surface area contributed by atoms with Gasteiger partial charge in [0.25, 0.3) is 5.91 Å². The Labute approximate surface area is 173 Å². The van der Waals surface area contributed by atoms with Gasteiger partial charge in [-0.25, -0.2) is 24.3 Å². The molecule has 1 aromatic carbocycles. The Kier molecular flexibility index (Phi) is 4.65. The predicted octanol–water partition coefficient (Wildman–Crippen LogP) is 2.91. The van der Waals surface area contributed by atoms with Crippen molar-refractivity contribution < 1.29 is 9.18 Å². The summed E-state index contributed by atoms with van der Waals surface area (Å²) >= 11 is 0. The van der Waals surface area contributed by atoms with Crippen molar-refractivity contribution in [3.63, 3.8) is 0 Å². The minimum atomic E-state index is -0.860. The van der Waals surface area contributed by atoms with Crippen molar-refractivity contribution in [2.75, 3.05) is 23.3 Å². The molecular formula is C21H22FN7O. The number of halogens is 1.